The molecule has 1 aliphatic rings. The van der Waals surface area contributed by atoms with Gasteiger partial charge in [0, 0.05) is 6.07 Å². The van der Waals surface area contributed by atoms with Crippen LogP contribution in [-0.2, 0) is 4.79 Å². The molecule has 1 aromatic heterocycles. The maximum absolute atomic E-state index is 12.2. The maximum Gasteiger partial charge on any atom is 0.329 e. The first-order valence-corrected chi connectivity index (χ1v) is 6.49. The third-order valence-corrected chi connectivity index (χ3v) is 3.79. The molecule has 1 fully saturated rings. The average Bonchev–Trinajstić information content (AvgIpc) is 3.22. The molecular formula is C12H12ClN3O5. The zero-order valence-electron chi connectivity index (χ0n) is 11.0. The van der Waals surface area contributed by atoms with Crippen LogP contribution in [0.4, 0.5) is 5.69 Å². The number of hydrogen-bond acceptors (Lipinski definition) is 5. The van der Waals surface area contributed by atoms with Crippen LogP contribution in [0, 0.1) is 16.0 Å². The Kier molecular flexibility index (Phi) is 3.82. The highest BCUT2D eigenvalue weighted by molar-refractivity contribution is 6.32. The van der Waals surface area contributed by atoms with Crippen LogP contribution in [0.5, 0.6) is 0 Å². The van der Waals surface area contributed by atoms with Crippen LogP contribution in [0.1, 0.15) is 30.1 Å². The molecule has 0 aliphatic heterocycles. The molecule has 0 saturated heterocycles. The van der Waals surface area contributed by atoms with E-state index in [1.54, 1.807) is 0 Å². The Morgan fingerprint density at radius 1 is 1.57 bits per heavy atom. The zero-order chi connectivity index (χ0) is 15.8. The summed E-state index contributed by atoms with van der Waals surface area (Å²) in [6, 6.07) is 0.972. The summed E-state index contributed by atoms with van der Waals surface area (Å²) < 4.78 is 0. The van der Waals surface area contributed by atoms with Gasteiger partial charge in [0.25, 0.3) is 11.6 Å². The molecule has 1 aliphatic carbocycles. The van der Waals surface area contributed by atoms with Gasteiger partial charge in [0.15, 0.2) is 0 Å². The molecule has 0 spiro atoms. The topological polar surface area (TPSA) is 122 Å². The number of aliphatic carboxylic acids is 1. The first-order valence-electron chi connectivity index (χ1n) is 6.11. The number of carbonyl (C=O) groups is 2. The average molecular weight is 314 g/mol. The van der Waals surface area contributed by atoms with Crippen molar-refractivity contribution in [2.24, 2.45) is 5.92 Å². The minimum atomic E-state index is -1.43. The number of pyridine rings is 1. The minimum absolute atomic E-state index is 0.163. The Labute approximate surface area is 124 Å². The molecule has 1 atom stereocenters. The van der Waals surface area contributed by atoms with Gasteiger partial charge in [0.1, 0.15) is 16.9 Å². The third-order valence-electron chi connectivity index (χ3n) is 3.49. The number of nitro groups is 1. The molecular weight excluding hydrogens is 302 g/mol. The van der Waals surface area contributed by atoms with E-state index in [4.69, 9.17) is 11.6 Å². The molecule has 1 aromatic rings. The van der Waals surface area contributed by atoms with Crippen LogP contribution in [0.3, 0.4) is 0 Å². The molecule has 1 unspecified atom stereocenters. The fourth-order valence-electron chi connectivity index (χ4n) is 1.99. The van der Waals surface area contributed by atoms with E-state index in [0.29, 0.717) is 12.8 Å². The molecule has 1 heterocycles. The zero-order valence-corrected chi connectivity index (χ0v) is 11.8. The van der Waals surface area contributed by atoms with Crippen molar-refractivity contribution in [2.45, 2.75) is 25.3 Å². The summed E-state index contributed by atoms with van der Waals surface area (Å²) in [5, 5.41) is 22.1. The number of nitrogens with one attached hydrogen (secondary N) is 1. The summed E-state index contributed by atoms with van der Waals surface area (Å²) in [5.41, 5.74) is -2.04. The van der Waals surface area contributed by atoms with Crippen molar-refractivity contribution in [3.63, 3.8) is 0 Å². The van der Waals surface area contributed by atoms with Gasteiger partial charge in [0.05, 0.1) is 10.5 Å². The highest BCUT2D eigenvalue weighted by Gasteiger charge is 2.48. The fourth-order valence-corrected chi connectivity index (χ4v) is 2.18. The Balaban J connectivity index is 2.29. The van der Waals surface area contributed by atoms with Crippen LogP contribution in [-0.4, -0.2) is 32.4 Å². The van der Waals surface area contributed by atoms with Crippen molar-refractivity contribution < 1.29 is 19.6 Å². The second-order valence-corrected chi connectivity index (χ2v) is 5.38. The largest absolute Gasteiger partial charge is 0.480 e. The monoisotopic (exact) mass is 313 g/mol. The molecule has 112 valence electrons. The van der Waals surface area contributed by atoms with Gasteiger partial charge in [-0.05, 0) is 25.7 Å². The lowest BCUT2D eigenvalue weighted by atomic mass is 9.95. The predicted octanol–water partition coefficient (Wildman–Crippen LogP) is 1.63. The number of nitrogens with zero attached hydrogens (tertiary/aromatic N) is 2. The van der Waals surface area contributed by atoms with Gasteiger partial charge in [-0.1, -0.05) is 11.6 Å². The Hall–Kier alpha value is -2.22. The number of carboxylic acid groups (broad SMARTS) is 1. The molecule has 1 saturated carbocycles. The Morgan fingerprint density at radius 3 is 2.67 bits per heavy atom. The van der Waals surface area contributed by atoms with Gasteiger partial charge in [-0.3, -0.25) is 14.9 Å². The summed E-state index contributed by atoms with van der Waals surface area (Å²) >= 11 is 5.76. The highest BCUT2D eigenvalue weighted by atomic mass is 35.5. The summed E-state index contributed by atoms with van der Waals surface area (Å²) in [7, 11) is 0. The molecule has 0 aromatic carbocycles. The molecule has 8 nitrogen and oxygen atoms in total. The van der Waals surface area contributed by atoms with Crippen molar-refractivity contribution in [2.75, 3.05) is 0 Å². The molecule has 21 heavy (non-hydrogen) atoms. The van der Waals surface area contributed by atoms with Crippen molar-refractivity contribution in [3.8, 4) is 0 Å². The van der Waals surface area contributed by atoms with Gasteiger partial charge in [-0.2, -0.15) is 0 Å². The lowest BCUT2D eigenvalue weighted by Crippen LogP contribution is -2.54. The van der Waals surface area contributed by atoms with Gasteiger partial charge in [-0.15, -0.1) is 0 Å². The predicted molar refractivity (Wildman–Crippen MR) is 72.1 cm³/mol. The van der Waals surface area contributed by atoms with Crippen molar-refractivity contribution in [1.82, 2.24) is 10.3 Å². The fraction of sp³-hybridized carbons (Fsp3) is 0.417. The lowest BCUT2D eigenvalue weighted by molar-refractivity contribution is -0.385. The normalized spacial score (nSPS) is 16.9. The molecule has 0 bridgehead atoms. The maximum atomic E-state index is 12.2. The SMILES string of the molecule is CC(NC(=O)c1cc([N+](=O)[O-])cnc1Cl)(C(=O)O)C1CC1. The molecule has 9 heteroatoms. The van der Waals surface area contributed by atoms with Crippen molar-refractivity contribution in [3.05, 3.63) is 33.1 Å². The van der Waals surface area contributed by atoms with Gasteiger partial charge < -0.3 is 10.4 Å². The van der Waals surface area contributed by atoms with Crippen LogP contribution in [0.15, 0.2) is 12.3 Å². The van der Waals surface area contributed by atoms with E-state index < -0.39 is 28.0 Å². The number of aromatic nitrogens is 1. The summed E-state index contributed by atoms with van der Waals surface area (Å²) in [6.45, 7) is 1.41. The van der Waals surface area contributed by atoms with E-state index in [1.165, 1.54) is 6.92 Å². The number of carboxylic acids is 1. The van der Waals surface area contributed by atoms with Crippen LogP contribution in [0.2, 0.25) is 5.15 Å². The number of amides is 1. The second kappa shape index (κ2) is 5.28. The van der Waals surface area contributed by atoms with Crippen molar-refractivity contribution in [1.29, 1.82) is 0 Å². The van der Waals surface area contributed by atoms with Gasteiger partial charge in [-0.25, -0.2) is 9.78 Å². The van der Waals surface area contributed by atoms with E-state index in [-0.39, 0.29) is 16.6 Å². The molecule has 2 N–H and O–H groups in total. The van der Waals surface area contributed by atoms with E-state index in [2.05, 4.69) is 10.3 Å². The van der Waals surface area contributed by atoms with Crippen molar-refractivity contribution >= 4 is 29.2 Å². The number of hydrogen-bond donors (Lipinski definition) is 2. The van der Waals surface area contributed by atoms with E-state index in [0.717, 1.165) is 12.3 Å². The standard InChI is InChI=1S/C12H12ClN3O5/c1-12(11(18)19,6-2-3-6)15-10(17)8-4-7(16(20)21)5-14-9(8)13/h4-6H,2-3H2,1H3,(H,15,17)(H,18,19). The smallest absolute Gasteiger partial charge is 0.329 e. The third kappa shape index (κ3) is 2.94. The first kappa shape index (κ1) is 15.2. The minimum Gasteiger partial charge on any atom is -0.480 e. The van der Waals surface area contributed by atoms with Gasteiger partial charge in [0.2, 0.25) is 0 Å². The van der Waals surface area contributed by atoms with E-state index in [9.17, 15) is 24.8 Å². The molecule has 0 radical (unpaired) electrons. The van der Waals surface area contributed by atoms with Crippen LogP contribution >= 0.6 is 11.6 Å². The molecule has 2 rings (SSSR count). The Morgan fingerprint density at radius 2 is 2.19 bits per heavy atom. The summed E-state index contributed by atoms with van der Waals surface area (Å²) in [4.78, 5) is 37.1. The second-order valence-electron chi connectivity index (χ2n) is 5.02. The van der Waals surface area contributed by atoms with Gasteiger partial charge >= 0.3 is 5.97 Å². The quantitative estimate of drug-likeness (QED) is 0.484. The molecule has 1 amide bonds. The lowest BCUT2D eigenvalue weighted by Gasteiger charge is -2.26. The number of rotatable bonds is 5. The number of halogens is 1. The van der Waals surface area contributed by atoms with E-state index in [1.807, 2.05) is 0 Å². The number of carbonyl (C=O) groups excluding carboxylic acids is 1. The van der Waals surface area contributed by atoms with Crippen LogP contribution < -0.4 is 5.32 Å². The first-order chi connectivity index (χ1) is 9.75. The van der Waals surface area contributed by atoms with Crippen LogP contribution in [0.25, 0.3) is 0 Å². The highest BCUT2D eigenvalue weighted by Crippen LogP contribution is 2.40. The summed E-state index contributed by atoms with van der Waals surface area (Å²) in [6.07, 6.45) is 2.32. The summed E-state index contributed by atoms with van der Waals surface area (Å²) in [5.74, 6) is -2.12. The Bertz CT molecular complexity index is 631. The van der Waals surface area contributed by atoms with E-state index >= 15 is 0 Å².